The van der Waals surface area contributed by atoms with Gasteiger partial charge in [0.2, 0.25) is 11.7 Å². The lowest BCUT2D eigenvalue weighted by molar-refractivity contribution is 0.0588. The molecule has 6 nitrogen and oxygen atoms in total. The molecule has 96 valence electrons. The van der Waals surface area contributed by atoms with Crippen molar-refractivity contribution in [1.29, 1.82) is 0 Å². The summed E-state index contributed by atoms with van der Waals surface area (Å²) in [5.41, 5.74) is 0.601. The van der Waals surface area contributed by atoms with Crippen LogP contribution in [0, 0.1) is 0 Å². The largest absolute Gasteiger partial charge is 0.381 e. The molecule has 2 aromatic rings. The van der Waals surface area contributed by atoms with Gasteiger partial charge < -0.3 is 13.8 Å². The molecule has 0 radical (unpaired) electrons. The van der Waals surface area contributed by atoms with Crippen LogP contribution in [0.4, 0.5) is 0 Å². The Labute approximate surface area is 104 Å². The number of ether oxygens (including phenoxy) is 1. The highest BCUT2D eigenvalue weighted by Crippen LogP contribution is 2.33. The van der Waals surface area contributed by atoms with Gasteiger partial charge in [-0.3, -0.25) is 0 Å². The third kappa shape index (κ3) is 2.15. The van der Waals surface area contributed by atoms with E-state index < -0.39 is 0 Å². The maximum absolute atomic E-state index is 5.40. The highest BCUT2D eigenvalue weighted by atomic mass is 16.5. The van der Waals surface area contributed by atoms with Gasteiger partial charge in [-0.15, -0.1) is 0 Å². The molecule has 0 amide bonds. The van der Waals surface area contributed by atoms with Gasteiger partial charge in [0, 0.05) is 19.1 Å². The Bertz CT molecular complexity index is 494. The SMILES string of the molecule is COC1CCCC(c2nc(-c3ccon3)no2)C1. The molecule has 1 fully saturated rings. The zero-order valence-electron chi connectivity index (χ0n) is 10.2. The van der Waals surface area contributed by atoms with Gasteiger partial charge in [0.05, 0.1) is 6.10 Å². The van der Waals surface area contributed by atoms with Crippen molar-refractivity contribution >= 4 is 0 Å². The third-order valence-electron chi connectivity index (χ3n) is 3.42. The fourth-order valence-electron chi connectivity index (χ4n) is 2.42. The van der Waals surface area contributed by atoms with Crippen LogP contribution in [0.2, 0.25) is 0 Å². The van der Waals surface area contributed by atoms with Crippen molar-refractivity contribution in [3.63, 3.8) is 0 Å². The molecule has 6 heteroatoms. The summed E-state index contributed by atoms with van der Waals surface area (Å²) in [6, 6.07) is 1.72. The molecule has 18 heavy (non-hydrogen) atoms. The molecular weight excluding hydrogens is 234 g/mol. The number of aromatic nitrogens is 3. The quantitative estimate of drug-likeness (QED) is 0.831. The van der Waals surface area contributed by atoms with Crippen LogP contribution in [0.3, 0.4) is 0 Å². The fraction of sp³-hybridized carbons (Fsp3) is 0.583. The molecule has 1 aliphatic carbocycles. The predicted molar refractivity (Wildman–Crippen MR) is 61.8 cm³/mol. The molecule has 2 aromatic heterocycles. The predicted octanol–water partition coefficient (Wildman–Crippen LogP) is 2.40. The summed E-state index contributed by atoms with van der Waals surface area (Å²) in [6.07, 6.45) is 6.04. The summed E-state index contributed by atoms with van der Waals surface area (Å²) in [5.74, 6) is 1.45. The molecule has 2 heterocycles. The topological polar surface area (TPSA) is 74.2 Å². The molecule has 2 atom stereocenters. The number of methoxy groups -OCH3 is 1. The van der Waals surface area contributed by atoms with Crippen LogP contribution < -0.4 is 0 Å². The standard InChI is InChI=1S/C12H15N3O3/c1-16-9-4-2-3-8(7-9)12-13-11(15-18-12)10-5-6-17-14-10/h5-6,8-9H,2-4,7H2,1H3. The lowest BCUT2D eigenvalue weighted by atomic mass is 9.87. The summed E-state index contributed by atoms with van der Waals surface area (Å²) in [6.45, 7) is 0. The molecule has 0 aliphatic heterocycles. The summed E-state index contributed by atoms with van der Waals surface area (Å²) in [4.78, 5) is 4.39. The maximum Gasteiger partial charge on any atom is 0.230 e. The maximum atomic E-state index is 5.40. The van der Waals surface area contributed by atoms with E-state index in [2.05, 4.69) is 15.3 Å². The number of hydrogen-bond donors (Lipinski definition) is 0. The van der Waals surface area contributed by atoms with Crippen molar-refractivity contribution in [3.05, 3.63) is 18.2 Å². The van der Waals surface area contributed by atoms with E-state index >= 15 is 0 Å². The van der Waals surface area contributed by atoms with Crippen LogP contribution in [0.15, 0.2) is 21.4 Å². The van der Waals surface area contributed by atoms with Crippen molar-refractivity contribution in [3.8, 4) is 11.5 Å². The Morgan fingerprint density at radius 2 is 2.28 bits per heavy atom. The Balaban J connectivity index is 1.77. The van der Waals surface area contributed by atoms with Crippen molar-refractivity contribution in [2.24, 2.45) is 0 Å². The van der Waals surface area contributed by atoms with Gasteiger partial charge in [-0.2, -0.15) is 4.98 Å². The van der Waals surface area contributed by atoms with Crippen LogP contribution >= 0.6 is 0 Å². The first-order chi connectivity index (χ1) is 8.86. The van der Waals surface area contributed by atoms with Gasteiger partial charge >= 0.3 is 0 Å². The molecule has 0 bridgehead atoms. The van der Waals surface area contributed by atoms with Gasteiger partial charge in [0.1, 0.15) is 6.26 Å². The summed E-state index contributed by atoms with van der Waals surface area (Å²) in [5, 5.41) is 7.73. The van der Waals surface area contributed by atoms with E-state index in [9.17, 15) is 0 Å². The van der Waals surface area contributed by atoms with Crippen molar-refractivity contribution in [1.82, 2.24) is 15.3 Å². The summed E-state index contributed by atoms with van der Waals surface area (Å²) < 4.78 is 15.5. The zero-order chi connectivity index (χ0) is 12.4. The lowest BCUT2D eigenvalue weighted by Crippen LogP contribution is -2.20. The first-order valence-electron chi connectivity index (χ1n) is 6.14. The van der Waals surface area contributed by atoms with Gasteiger partial charge in [-0.25, -0.2) is 0 Å². The van der Waals surface area contributed by atoms with Gasteiger partial charge in [0.15, 0.2) is 5.69 Å². The number of hydrogen-bond acceptors (Lipinski definition) is 6. The molecule has 3 rings (SSSR count). The van der Waals surface area contributed by atoms with E-state index in [1.807, 2.05) is 0 Å². The molecule has 0 aromatic carbocycles. The number of rotatable bonds is 3. The first kappa shape index (κ1) is 11.4. The first-order valence-corrected chi connectivity index (χ1v) is 6.14. The minimum Gasteiger partial charge on any atom is -0.381 e. The minimum atomic E-state index is 0.289. The van der Waals surface area contributed by atoms with Gasteiger partial charge in [-0.05, 0) is 19.3 Å². The summed E-state index contributed by atoms with van der Waals surface area (Å²) >= 11 is 0. The summed E-state index contributed by atoms with van der Waals surface area (Å²) in [7, 11) is 1.75. The highest BCUT2D eigenvalue weighted by molar-refractivity contribution is 5.45. The Morgan fingerprint density at radius 3 is 3.06 bits per heavy atom. The number of nitrogens with zero attached hydrogens (tertiary/aromatic N) is 3. The van der Waals surface area contributed by atoms with Gasteiger partial charge in [0.25, 0.3) is 0 Å². The second kappa shape index (κ2) is 4.89. The highest BCUT2D eigenvalue weighted by Gasteiger charge is 2.27. The van der Waals surface area contributed by atoms with Crippen LogP contribution in [-0.4, -0.2) is 28.5 Å². The molecule has 1 aliphatic rings. The fourth-order valence-corrected chi connectivity index (χ4v) is 2.42. The van der Waals surface area contributed by atoms with Gasteiger partial charge in [-0.1, -0.05) is 16.7 Å². The molecule has 2 unspecified atom stereocenters. The van der Waals surface area contributed by atoms with E-state index in [-0.39, 0.29) is 5.92 Å². The van der Waals surface area contributed by atoms with Crippen molar-refractivity contribution in [2.45, 2.75) is 37.7 Å². The Kier molecular flexibility index (Phi) is 3.10. The van der Waals surface area contributed by atoms with E-state index in [1.165, 1.54) is 6.26 Å². The van der Waals surface area contributed by atoms with Crippen LogP contribution in [0.1, 0.15) is 37.5 Å². The zero-order valence-corrected chi connectivity index (χ0v) is 10.2. The molecule has 1 saturated carbocycles. The normalized spacial score (nSPS) is 24.3. The van der Waals surface area contributed by atoms with E-state index in [4.69, 9.17) is 13.8 Å². The van der Waals surface area contributed by atoms with E-state index in [1.54, 1.807) is 13.2 Å². The minimum absolute atomic E-state index is 0.289. The van der Waals surface area contributed by atoms with Crippen LogP contribution in [0.5, 0.6) is 0 Å². The van der Waals surface area contributed by atoms with Crippen LogP contribution in [-0.2, 0) is 4.74 Å². The average molecular weight is 249 g/mol. The van der Waals surface area contributed by atoms with E-state index in [0.29, 0.717) is 23.5 Å². The Morgan fingerprint density at radius 1 is 1.33 bits per heavy atom. The van der Waals surface area contributed by atoms with Crippen molar-refractivity contribution < 1.29 is 13.8 Å². The third-order valence-corrected chi connectivity index (χ3v) is 3.42. The average Bonchev–Trinajstić information content (AvgIpc) is 3.09. The molecule has 0 saturated heterocycles. The smallest absolute Gasteiger partial charge is 0.230 e. The monoisotopic (exact) mass is 249 g/mol. The molecular formula is C12H15N3O3. The molecule has 0 spiro atoms. The van der Waals surface area contributed by atoms with E-state index in [0.717, 1.165) is 25.7 Å². The lowest BCUT2D eigenvalue weighted by Gasteiger charge is -2.25. The Hall–Kier alpha value is -1.69. The molecule has 0 N–H and O–H groups in total. The second-order valence-corrected chi connectivity index (χ2v) is 4.56. The van der Waals surface area contributed by atoms with Crippen molar-refractivity contribution in [2.75, 3.05) is 7.11 Å². The second-order valence-electron chi connectivity index (χ2n) is 4.56. The van der Waals surface area contributed by atoms with Crippen LogP contribution in [0.25, 0.3) is 11.5 Å².